The second-order valence-electron chi connectivity index (χ2n) is 6.38. The molecule has 1 atom stereocenters. The fraction of sp³-hybridized carbons (Fsp3) is 0.600. The Labute approximate surface area is 123 Å². The summed E-state index contributed by atoms with van der Waals surface area (Å²) in [5.74, 6) is 0. The molecule has 1 saturated heterocycles. The molecular formula is C15H21IO2. The minimum atomic E-state index is -0.802. The lowest BCUT2D eigenvalue weighted by molar-refractivity contribution is -0.125. The van der Waals surface area contributed by atoms with Crippen LogP contribution in [-0.4, -0.2) is 21.9 Å². The van der Waals surface area contributed by atoms with Crippen LogP contribution in [0.25, 0.3) is 0 Å². The Balaban J connectivity index is 2.24. The first kappa shape index (κ1) is 14.3. The molecule has 0 aliphatic carbocycles. The zero-order valence-corrected chi connectivity index (χ0v) is 13.6. The van der Waals surface area contributed by atoms with Gasteiger partial charge in [0.15, 0.2) is 0 Å². The van der Waals surface area contributed by atoms with Crippen molar-refractivity contribution in [3.05, 3.63) is 33.4 Å². The molecule has 0 spiro atoms. The molecule has 0 radical (unpaired) electrons. The number of ether oxygens (including phenoxy) is 1. The topological polar surface area (TPSA) is 29.5 Å². The molecular weight excluding hydrogens is 339 g/mol. The summed E-state index contributed by atoms with van der Waals surface area (Å²) in [5, 5.41) is 11.0. The molecule has 2 nitrogen and oxygen atoms in total. The fourth-order valence-electron chi connectivity index (χ4n) is 2.95. The van der Waals surface area contributed by atoms with Crippen molar-refractivity contribution in [1.29, 1.82) is 0 Å². The van der Waals surface area contributed by atoms with Crippen LogP contribution in [0.5, 0.6) is 0 Å². The van der Waals surface area contributed by atoms with E-state index < -0.39 is 11.2 Å². The highest BCUT2D eigenvalue weighted by Crippen LogP contribution is 2.46. The Morgan fingerprint density at radius 1 is 1.17 bits per heavy atom. The number of hydrogen-bond acceptors (Lipinski definition) is 2. The molecule has 1 fully saturated rings. The summed E-state index contributed by atoms with van der Waals surface area (Å²) < 4.78 is 7.21. The Morgan fingerprint density at radius 3 is 2.17 bits per heavy atom. The monoisotopic (exact) mass is 360 g/mol. The maximum atomic E-state index is 11.0. The largest absolute Gasteiger partial charge is 0.386 e. The summed E-state index contributed by atoms with van der Waals surface area (Å²) in [6, 6.07) is 8.32. The van der Waals surface area contributed by atoms with Gasteiger partial charge >= 0.3 is 0 Å². The van der Waals surface area contributed by atoms with Gasteiger partial charge in [-0.05, 0) is 68.0 Å². The van der Waals surface area contributed by atoms with Crippen LogP contribution < -0.4 is 0 Å². The predicted molar refractivity (Wildman–Crippen MR) is 81.7 cm³/mol. The van der Waals surface area contributed by atoms with Crippen LogP contribution in [-0.2, 0) is 11.2 Å². The van der Waals surface area contributed by atoms with Gasteiger partial charge in [0.2, 0.25) is 0 Å². The van der Waals surface area contributed by atoms with Crippen molar-refractivity contribution in [3.8, 4) is 0 Å². The number of hydrogen-bond donors (Lipinski definition) is 1. The van der Waals surface area contributed by atoms with E-state index in [4.69, 9.17) is 4.74 Å². The first-order valence-electron chi connectivity index (χ1n) is 6.31. The first-order chi connectivity index (χ1) is 8.14. The van der Waals surface area contributed by atoms with Gasteiger partial charge < -0.3 is 9.84 Å². The van der Waals surface area contributed by atoms with Crippen molar-refractivity contribution in [3.63, 3.8) is 0 Å². The molecule has 18 heavy (non-hydrogen) atoms. The van der Waals surface area contributed by atoms with Crippen molar-refractivity contribution in [2.45, 2.75) is 57.3 Å². The Kier molecular flexibility index (Phi) is 3.54. The van der Waals surface area contributed by atoms with Crippen molar-refractivity contribution in [1.82, 2.24) is 0 Å². The summed E-state index contributed by atoms with van der Waals surface area (Å²) in [4.78, 5) is 0. The zero-order valence-electron chi connectivity index (χ0n) is 11.5. The van der Waals surface area contributed by atoms with E-state index in [0.29, 0.717) is 12.8 Å². The average Bonchev–Trinajstić information content (AvgIpc) is 2.34. The zero-order chi connectivity index (χ0) is 13.6. The number of rotatable bonds is 2. The molecule has 1 aliphatic heterocycles. The van der Waals surface area contributed by atoms with Crippen LogP contribution in [0.3, 0.4) is 0 Å². The molecule has 1 N–H and O–H groups in total. The first-order valence-corrected chi connectivity index (χ1v) is 7.39. The fourth-order valence-corrected chi connectivity index (χ4v) is 3.31. The van der Waals surface area contributed by atoms with Crippen LogP contribution >= 0.6 is 22.6 Å². The van der Waals surface area contributed by atoms with Crippen molar-refractivity contribution >= 4 is 22.6 Å². The van der Waals surface area contributed by atoms with Gasteiger partial charge in [0.1, 0.15) is 0 Å². The lowest BCUT2D eigenvalue weighted by Gasteiger charge is -2.35. The third-order valence-corrected chi connectivity index (χ3v) is 4.50. The average molecular weight is 360 g/mol. The molecule has 0 saturated carbocycles. The van der Waals surface area contributed by atoms with E-state index in [9.17, 15) is 5.11 Å². The summed E-state index contributed by atoms with van der Waals surface area (Å²) in [6.45, 7) is 8.05. The lowest BCUT2D eigenvalue weighted by Crippen LogP contribution is -2.48. The Hall–Kier alpha value is -0.130. The second kappa shape index (κ2) is 4.46. The molecule has 100 valence electrons. The van der Waals surface area contributed by atoms with Gasteiger partial charge in [-0.25, -0.2) is 0 Å². The molecule has 1 unspecified atom stereocenters. The normalized spacial score (nSPS) is 29.4. The molecule has 1 aromatic rings. The lowest BCUT2D eigenvalue weighted by atomic mass is 9.78. The highest BCUT2D eigenvalue weighted by Gasteiger charge is 2.56. The van der Waals surface area contributed by atoms with E-state index in [0.717, 1.165) is 5.56 Å². The minimum absolute atomic E-state index is 0.262. The Morgan fingerprint density at radius 2 is 1.72 bits per heavy atom. The van der Waals surface area contributed by atoms with Crippen molar-refractivity contribution in [2.75, 3.05) is 0 Å². The van der Waals surface area contributed by atoms with Crippen LogP contribution in [0.15, 0.2) is 24.3 Å². The SMILES string of the molecule is CC1(C)CC(O)(Cc2ccc(I)cc2)C(C)(C)O1. The quantitative estimate of drug-likeness (QED) is 0.818. The predicted octanol–water partition coefficient (Wildman–Crippen LogP) is 3.54. The van der Waals surface area contributed by atoms with E-state index in [1.165, 1.54) is 3.57 Å². The van der Waals surface area contributed by atoms with Crippen molar-refractivity contribution in [2.24, 2.45) is 0 Å². The maximum Gasteiger partial charge on any atom is 0.0998 e. The molecule has 1 heterocycles. The van der Waals surface area contributed by atoms with E-state index in [1.54, 1.807) is 0 Å². The van der Waals surface area contributed by atoms with Crippen LogP contribution in [0.4, 0.5) is 0 Å². The highest BCUT2D eigenvalue weighted by atomic mass is 127. The minimum Gasteiger partial charge on any atom is -0.386 e. The molecule has 0 bridgehead atoms. The highest BCUT2D eigenvalue weighted by molar-refractivity contribution is 14.1. The van der Waals surface area contributed by atoms with Crippen LogP contribution in [0.2, 0.25) is 0 Å². The summed E-state index contributed by atoms with van der Waals surface area (Å²) in [7, 11) is 0. The third kappa shape index (κ3) is 2.73. The molecule has 1 aromatic carbocycles. The smallest absolute Gasteiger partial charge is 0.0998 e. The van der Waals surface area contributed by atoms with Gasteiger partial charge in [0.25, 0.3) is 0 Å². The third-order valence-electron chi connectivity index (χ3n) is 3.78. The number of benzene rings is 1. The van der Waals surface area contributed by atoms with E-state index in [2.05, 4.69) is 46.9 Å². The van der Waals surface area contributed by atoms with Crippen LogP contribution in [0.1, 0.15) is 39.7 Å². The van der Waals surface area contributed by atoms with Gasteiger partial charge in [0.05, 0.1) is 16.8 Å². The van der Waals surface area contributed by atoms with Gasteiger partial charge in [-0.15, -0.1) is 0 Å². The maximum absolute atomic E-state index is 11.0. The molecule has 2 rings (SSSR count). The van der Waals surface area contributed by atoms with E-state index in [1.807, 2.05) is 27.7 Å². The van der Waals surface area contributed by atoms with Gasteiger partial charge in [-0.2, -0.15) is 0 Å². The molecule has 3 heteroatoms. The van der Waals surface area contributed by atoms with Gasteiger partial charge in [-0.3, -0.25) is 0 Å². The number of halogens is 1. The van der Waals surface area contributed by atoms with Gasteiger partial charge in [-0.1, -0.05) is 12.1 Å². The molecule has 1 aliphatic rings. The standard InChI is InChI=1S/C15H21IO2/c1-13(2)10-15(17,14(3,4)18-13)9-11-5-7-12(16)8-6-11/h5-8,17H,9-10H2,1-4H3. The van der Waals surface area contributed by atoms with Gasteiger partial charge in [0, 0.05) is 16.4 Å². The molecule has 0 aromatic heterocycles. The van der Waals surface area contributed by atoms with E-state index >= 15 is 0 Å². The Bertz CT molecular complexity index is 436. The van der Waals surface area contributed by atoms with Crippen LogP contribution in [0, 0.1) is 3.57 Å². The molecule has 0 amide bonds. The summed E-state index contributed by atoms with van der Waals surface area (Å²) in [6.07, 6.45) is 1.30. The second-order valence-corrected chi connectivity index (χ2v) is 7.63. The summed E-state index contributed by atoms with van der Waals surface area (Å²) >= 11 is 2.29. The van der Waals surface area contributed by atoms with Crippen molar-refractivity contribution < 1.29 is 9.84 Å². The van der Waals surface area contributed by atoms with E-state index in [-0.39, 0.29) is 5.60 Å². The summed E-state index contributed by atoms with van der Waals surface area (Å²) in [5.41, 5.74) is -0.420. The number of aliphatic hydroxyl groups is 1.